The molecule has 9 heteroatoms. The molecule has 33 heavy (non-hydrogen) atoms. The Morgan fingerprint density at radius 1 is 1.03 bits per heavy atom. The van der Waals surface area contributed by atoms with Crippen LogP contribution >= 0.6 is 23.2 Å². The first-order valence-electron chi connectivity index (χ1n) is 10.2. The summed E-state index contributed by atoms with van der Waals surface area (Å²) in [5.74, 6) is -0.922. The Morgan fingerprint density at radius 2 is 1.82 bits per heavy atom. The molecule has 1 aliphatic rings. The van der Waals surface area contributed by atoms with Crippen LogP contribution in [0.25, 0.3) is 10.8 Å². The van der Waals surface area contributed by atoms with Crippen molar-refractivity contribution in [2.75, 3.05) is 5.32 Å². The molecule has 0 bridgehead atoms. The van der Waals surface area contributed by atoms with E-state index < -0.39 is 11.7 Å². The van der Waals surface area contributed by atoms with Gasteiger partial charge in [0.05, 0.1) is 40.8 Å². The van der Waals surface area contributed by atoms with Crippen molar-refractivity contribution in [1.82, 2.24) is 15.1 Å². The van der Waals surface area contributed by atoms with Crippen molar-refractivity contribution in [3.05, 3.63) is 92.8 Å². The summed E-state index contributed by atoms with van der Waals surface area (Å²) in [7, 11) is 0. The Labute approximate surface area is 198 Å². The van der Waals surface area contributed by atoms with Gasteiger partial charge >= 0.3 is 0 Å². The number of amides is 2. The van der Waals surface area contributed by atoms with E-state index in [4.69, 9.17) is 23.2 Å². The van der Waals surface area contributed by atoms with Gasteiger partial charge in [0.15, 0.2) is 0 Å². The topological polar surface area (TPSA) is 78.1 Å². The molecule has 2 N–H and O–H groups in total. The van der Waals surface area contributed by atoms with E-state index in [1.54, 1.807) is 0 Å². The van der Waals surface area contributed by atoms with E-state index >= 15 is 0 Å². The third-order valence-electron chi connectivity index (χ3n) is 5.61. The van der Waals surface area contributed by atoms with Crippen molar-refractivity contribution in [1.29, 1.82) is 0 Å². The minimum Gasteiger partial charge on any atom is -0.328 e. The normalized spacial score (nSPS) is 12.8. The van der Waals surface area contributed by atoms with E-state index in [0.29, 0.717) is 17.1 Å². The number of carbonyl (C=O) groups is 2. The number of hydrogen-bond acceptors (Lipinski definition) is 3. The van der Waals surface area contributed by atoms with Gasteiger partial charge in [0.2, 0.25) is 5.91 Å². The molecule has 0 unspecified atom stereocenters. The van der Waals surface area contributed by atoms with Gasteiger partial charge < -0.3 is 10.2 Å². The monoisotopic (exact) mass is 482 g/mol. The molecular weight excluding hydrogens is 466 g/mol. The van der Waals surface area contributed by atoms with E-state index in [2.05, 4.69) is 15.5 Å². The molecule has 0 spiro atoms. The third kappa shape index (κ3) is 4.17. The lowest BCUT2D eigenvalue weighted by Crippen LogP contribution is -2.26. The average Bonchev–Trinajstić information content (AvgIpc) is 3.38. The third-order valence-corrected chi connectivity index (χ3v) is 6.22. The SMILES string of the molecule is O=C(Cc1ccc2ccccc2c1)Nc1[nH]nc2c1CN(C(=O)c1cc(F)c(Cl)cc1Cl)C2. The number of hydrogen-bond donors (Lipinski definition) is 2. The van der Waals surface area contributed by atoms with Crippen LogP contribution in [0.3, 0.4) is 0 Å². The van der Waals surface area contributed by atoms with E-state index in [1.165, 1.54) is 11.0 Å². The molecule has 2 amide bonds. The number of H-pyrrole nitrogens is 1. The zero-order valence-electron chi connectivity index (χ0n) is 17.2. The Kier molecular flexibility index (Phi) is 5.52. The zero-order chi connectivity index (χ0) is 23.1. The maximum Gasteiger partial charge on any atom is 0.256 e. The summed E-state index contributed by atoms with van der Waals surface area (Å²) in [4.78, 5) is 27.0. The molecule has 1 aliphatic heterocycles. The van der Waals surface area contributed by atoms with Crippen LogP contribution in [-0.4, -0.2) is 26.9 Å². The summed E-state index contributed by atoms with van der Waals surface area (Å²) >= 11 is 11.8. The first-order valence-corrected chi connectivity index (χ1v) is 10.9. The molecule has 1 aromatic heterocycles. The highest BCUT2D eigenvalue weighted by molar-refractivity contribution is 6.36. The van der Waals surface area contributed by atoms with Crippen LogP contribution in [-0.2, 0) is 24.3 Å². The van der Waals surface area contributed by atoms with Crippen molar-refractivity contribution in [2.45, 2.75) is 19.5 Å². The molecule has 0 saturated carbocycles. The van der Waals surface area contributed by atoms with Crippen LogP contribution < -0.4 is 5.32 Å². The number of aromatic nitrogens is 2. The number of nitrogens with zero attached hydrogens (tertiary/aromatic N) is 2. The second kappa shape index (κ2) is 8.50. The van der Waals surface area contributed by atoms with E-state index in [0.717, 1.165) is 22.4 Å². The zero-order valence-corrected chi connectivity index (χ0v) is 18.7. The van der Waals surface area contributed by atoms with E-state index in [-0.39, 0.29) is 41.0 Å². The van der Waals surface area contributed by atoms with Crippen LogP contribution in [0, 0.1) is 5.82 Å². The maximum atomic E-state index is 13.9. The number of nitrogens with one attached hydrogen (secondary N) is 2. The molecule has 0 atom stereocenters. The molecule has 166 valence electrons. The van der Waals surface area contributed by atoms with Crippen molar-refractivity contribution in [3.8, 4) is 0 Å². The average molecular weight is 483 g/mol. The summed E-state index contributed by atoms with van der Waals surface area (Å²) in [6.07, 6.45) is 0.195. The standard InChI is InChI=1S/C24H17Cl2FN4O2/c25-18-10-19(26)20(27)9-16(18)24(33)31-11-17-21(12-31)29-30-23(17)28-22(32)8-13-5-6-14-3-1-2-4-15(14)7-13/h1-7,9-10H,8,11-12H2,(H2,28,29,30,32). The van der Waals surface area contributed by atoms with Gasteiger partial charge in [-0.25, -0.2) is 4.39 Å². The number of halogens is 3. The number of anilines is 1. The molecule has 4 aromatic rings. The summed E-state index contributed by atoms with van der Waals surface area (Å²) in [5, 5.41) is 12.0. The van der Waals surface area contributed by atoms with Crippen molar-refractivity contribution < 1.29 is 14.0 Å². The lowest BCUT2D eigenvalue weighted by Gasteiger charge is -2.17. The molecule has 0 fully saturated rings. The molecular formula is C24H17Cl2FN4O2. The molecule has 0 saturated heterocycles. The van der Waals surface area contributed by atoms with Gasteiger partial charge in [-0.2, -0.15) is 5.10 Å². The fraction of sp³-hybridized carbons (Fsp3) is 0.125. The predicted octanol–water partition coefficient (Wildman–Crippen LogP) is 5.35. The molecule has 2 heterocycles. The van der Waals surface area contributed by atoms with Gasteiger partial charge in [-0.3, -0.25) is 14.7 Å². The molecule has 3 aromatic carbocycles. The maximum absolute atomic E-state index is 13.9. The van der Waals surface area contributed by atoms with Crippen LogP contribution in [0.1, 0.15) is 27.2 Å². The Morgan fingerprint density at radius 3 is 2.64 bits per heavy atom. The largest absolute Gasteiger partial charge is 0.328 e. The number of aromatic amines is 1. The van der Waals surface area contributed by atoms with Gasteiger partial charge in [0.25, 0.3) is 5.91 Å². The lowest BCUT2D eigenvalue weighted by atomic mass is 10.0. The first kappa shape index (κ1) is 21.4. The fourth-order valence-electron chi connectivity index (χ4n) is 3.95. The summed E-state index contributed by atoms with van der Waals surface area (Å²) in [6.45, 7) is 0.419. The van der Waals surface area contributed by atoms with Gasteiger partial charge in [-0.1, -0.05) is 65.7 Å². The molecule has 5 rings (SSSR count). The van der Waals surface area contributed by atoms with Gasteiger partial charge in [0, 0.05) is 5.56 Å². The van der Waals surface area contributed by atoms with E-state index in [9.17, 15) is 14.0 Å². The van der Waals surface area contributed by atoms with Crippen LogP contribution in [0.2, 0.25) is 10.0 Å². The summed E-state index contributed by atoms with van der Waals surface area (Å²) < 4.78 is 13.9. The smallest absolute Gasteiger partial charge is 0.256 e. The Balaban J connectivity index is 1.28. The van der Waals surface area contributed by atoms with Crippen molar-refractivity contribution in [3.63, 3.8) is 0 Å². The predicted molar refractivity (Wildman–Crippen MR) is 125 cm³/mol. The van der Waals surface area contributed by atoms with Gasteiger partial charge in [-0.15, -0.1) is 0 Å². The Hall–Kier alpha value is -3.42. The van der Waals surface area contributed by atoms with Crippen molar-refractivity contribution >= 4 is 51.6 Å². The van der Waals surface area contributed by atoms with Crippen molar-refractivity contribution in [2.24, 2.45) is 0 Å². The highest BCUT2D eigenvalue weighted by Crippen LogP contribution is 2.31. The van der Waals surface area contributed by atoms with E-state index in [1.807, 2.05) is 42.5 Å². The highest BCUT2D eigenvalue weighted by Gasteiger charge is 2.31. The summed E-state index contributed by atoms with van der Waals surface area (Å²) in [6, 6.07) is 16.1. The molecule has 6 nitrogen and oxygen atoms in total. The minimum absolute atomic E-state index is 0.0228. The number of fused-ring (bicyclic) bond motifs is 2. The number of rotatable bonds is 4. The fourth-order valence-corrected chi connectivity index (χ4v) is 4.42. The molecule has 0 aliphatic carbocycles. The second-order valence-corrected chi connectivity index (χ2v) is 8.65. The summed E-state index contributed by atoms with van der Waals surface area (Å²) in [5.41, 5.74) is 2.25. The van der Waals surface area contributed by atoms with Gasteiger partial charge in [-0.05, 0) is 28.5 Å². The highest BCUT2D eigenvalue weighted by atomic mass is 35.5. The van der Waals surface area contributed by atoms with Gasteiger partial charge in [0.1, 0.15) is 11.6 Å². The molecule has 0 radical (unpaired) electrons. The number of carbonyl (C=O) groups excluding carboxylic acids is 2. The number of benzene rings is 3. The quantitative estimate of drug-likeness (QED) is 0.385. The second-order valence-electron chi connectivity index (χ2n) is 7.84. The lowest BCUT2D eigenvalue weighted by molar-refractivity contribution is -0.115. The minimum atomic E-state index is -0.719. The van der Waals surface area contributed by atoms with Crippen LogP contribution in [0.5, 0.6) is 0 Å². The van der Waals surface area contributed by atoms with Crippen LogP contribution in [0.4, 0.5) is 10.2 Å². The first-order chi connectivity index (χ1) is 15.9. The Bertz CT molecular complexity index is 1420. The van der Waals surface area contributed by atoms with Crippen LogP contribution in [0.15, 0.2) is 54.6 Å².